The van der Waals surface area contributed by atoms with E-state index in [-0.39, 0.29) is 28.1 Å². The van der Waals surface area contributed by atoms with Crippen LogP contribution in [0.5, 0.6) is 0 Å². The first kappa shape index (κ1) is 49.0. The first-order chi connectivity index (χ1) is 33.7. The van der Waals surface area contributed by atoms with Crippen molar-refractivity contribution in [3.63, 3.8) is 0 Å². The Balaban J connectivity index is 1.65. The van der Waals surface area contributed by atoms with Crippen molar-refractivity contribution in [2.45, 2.75) is 26.2 Å². The van der Waals surface area contributed by atoms with Crippen LogP contribution >= 0.6 is 0 Å². The number of rotatable bonds is 22. The SMILES string of the molecule is O=[N+]([O-])c1nn(Cc2nnc(Cn3nc([N+](=O)[O-])c([N+](=O)[O-])c3[N+](=O)[O-])n2/N=N/n2c(Cn3nc([N+](=O)[O-])c([N+](=O)[O-])c3[N+](=O)[O-])nnc2Cn2nc([N+](=O)[O-])c([N+](=O)[O-])c2[N+](=O)[O-])c([N+](=O)[O-])c1[N+](=O)[O-]. The van der Waals surface area contributed by atoms with Crippen molar-refractivity contribution in [3.05, 3.63) is 145 Å². The van der Waals surface area contributed by atoms with Crippen molar-refractivity contribution in [2.24, 2.45) is 10.4 Å². The molecule has 0 saturated carbocycles. The van der Waals surface area contributed by atoms with Gasteiger partial charge in [-0.15, -0.1) is 20.4 Å². The maximum atomic E-state index is 12.0. The normalized spacial score (nSPS) is 11.2. The van der Waals surface area contributed by atoms with Gasteiger partial charge in [-0.25, -0.2) is 0 Å². The monoisotopic (exact) mass is 1020 g/mol. The molecule has 72 heavy (non-hydrogen) atoms. The minimum Gasteiger partial charge on any atom is -0.358 e. The van der Waals surface area contributed by atoms with Crippen molar-refractivity contribution >= 4 is 69.3 Å². The van der Waals surface area contributed by atoms with E-state index in [0.717, 1.165) is 0 Å². The molecule has 6 rings (SSSR count). The molecular formula is C20H8N28O24. The molecule has 0 N–H and O–H groups in total. The molecule has 0 saturated heterocycles. The van der Waals surface area contributed by atoms with Gasteiger partial charge in [-0.3, -0.25) is 40.5 Å². The summed E-state index contributed by atoms with van der Waals surface area (Å²) < 4.78 is -0.151. The number of hydrogen-bond donors (Lipinski definition) is 0. The fraction of sp³-hybridized carbons (Fsp3) is 0.200. The van der Waals surface area contributed by atoms with Crippen molar-refractivity contribution in [2.75, 3.05) is 0 Å². The van der Waals surface area contributed by atoms with Crippen LogP contribution in [-0.4, -0.2) is 128 Å². The van der Waals surface area contributed by atoms with Gasteiger partial charge in [-0.1, -0.05) is 0 Å². The van der Waals surface area contributed by atoms with Gasteiger partial charge in [-0.2, -0.15) is 9.35 Å². The summed E-state index contributed by atoms with van der Waals surface area (Å²) in [6.07, 6.45) is 0. The van der Waals surface area contributed by atoms with Crippen molar-refractivity contribution in [1.29, 1.82) is 0 Å². The molecule has 0 aromatic carbocycles. The zero-order valence-corrected chi connectivity index (χ0v) is 33.1. The van der Waals surface area contributed by atoms with E-state index in [1.165, 1.54) is 0 Å². The van der Waals surface area contributed by atoms with Crippen LogP contribution in [0.25, 0.3) is 0 Å². The minimum absolute atomic E-state index is 0.0922. The van der Waals surface area contributed by atoms with Crippen LogP contribution in [0.4, 0.5) is 69.3 Å². The Morgan fingerprint density at radius 1 is 0.292 bits per heavy atom. The molecule has 0 aliphatic heterocycles. The van der Waals surface area contributed by atoms with E-state index < -0.39 is 178 Å². The zero-order valence-electron chi connectivity index (χ0n) is 33.1. The quantitative estimate of drug-likeness (QED) is 0.0466. The maximum absolute atomic E-state index is 12.0. The number of aromatic nitrogens is 14. The first-order valence-electron chi connectivity index (χ1n) is 17.1. The maximum Gasteiger partial charge on any atom is 0.498 e. The summed E-state index contributed by atoms with van der Waals surface area (Å²) in [5.74, 6) is -18.3. The van der Waals surface area contributed by atoms with Gasteiger partial charge in [0.25, 0.3) is 0 Å². The van der Waals surface area contributed by atoms with Crippen LogP contribution in [0.3, 0.4) is 0 Å². The second-order valence-corrected chi connectivity index (χ2v) is 12.6. The molecule has 0 fully saturated rings. The Labute approximate surface area is 378 Å². The van der Waals surface area contributed by atoms with E-state index in [1.54, 1.807) is 0 Å². The lowest BCUT2D eigenvalue weighted by Crippen LogP contribution is -2.15. The fourth-order valence-corrected chi connectivity index (χ4v) is 5.95. The summed E-state index contributed by atoms with van der Waals surface area (Å²) in [5, 5.41) is 176. The zero-order chi connectivity index (χ0) is 53.5. The van der Waals surface area contributed by atoms with Crippen molar-refractivity contribution in [1.82, 2.24) is 68.9 Å². The molecule has 372 valence electrons. The molecule has 6 aromatic rings. The molecule has 0 amide bonds. The molecule has 6 heterocycles. The van der Waals surface area contributed by atoms with E-state index in [2.05, 4.69) is 51.2 Å². The van der Waals surface area contributed by atoms with E-state index in [9.17, 15) is 121 Å². The van der Waals surface area contributed by atoms with Gasteiger partial charge in [0.05, 0.1) is 19.7 Å². The Morgan fingerprint density at radius 2 is 0.472 bits per heavy atom. The topological polar surface area (TPSA) is 675 Å². The van der Waals surface area contributed by atoms with Gasteiger partial charge < -0.3 is 80.9 Å². The van der Waals surface area contributed by atoms with Crippen molar-refractivity contribution < 1.29 is 59.1 Å². The van der Waals surface area contributed by atoms with Gasteiger partial charge in [0.1, 0.15) is 0 Å². The third kappa shape index (κ3) is 8.56. The van der Waals surface area contributed by atoms with Gasteiger partial charge in [0.15, 0.2) is 46.6 Å². The summed E-state index contributed by atoms with van der Waals surface area (Å²) in [7, 11) is 0. The molecule has 0 aliphatic carbocycles. The Kier molecular flexibility index (Phi) is 12.3. The number of nitro groups is 12. The van der Waals surface area contributed by atoms with Crippen molar-refractivity contribution in [3.8, 4) is 0 Å². The van der Waals surface area contributed by atoms with E-state index in [1.807, 2.05) is 0 Å². The highest BCUT2D eigenvalue weighted by Crippen LogP contribution is 2.40. The van der Waals surface area contributed by atoms with Gasteiger partial charge in [0, 0.05) is 0 Å². The Bertz CT molecular complexity index is 3050. The molecule has 0 bridgehead atoms. The lowest BCUT2D eigenvalue weighted by Gasteiger charge is -2.03. The lowest BCUT2D eigenvalue weighted by molar-refractivity contribution is -0.441. The van der Waals surface area contributed by atoms with Crippen LogP contribution in [0.1, 0.15) is 23.3 Å². The number of hydrogen-bond acceptors (Lipinski definition) is 34. The fourth-order valence-electron chi connectivity index (χ4n) is 5.95. The Hall–Kier alpha value is -12.5. The van der Waals surface area contributed by atoms with E-state index >= 15 is 0 Å². The number of nitrogens with zero attached hydrogens (tertiary/aromatic N) is 28. The Morgan fingerprint density at radius 3 is 0.611 bits per heavy atom. The summed E-state index contributed by atoms with van der Waals surface area (Å²) >= 11 is 0. The molecule has 0 radical (unpaired) electrons. The molecule has 52 heteroatoms. The van der Waals surface area contributed by atoms with Gasteiger partial charge in [-0.05, 0) is 68.6 Å². The standard InChI is InChI=1S/C20H8N28O24/c49-37(50)9-13(41(57)58)25-31(17(9)45(65)66)1-5-21-22-6(2-32-18(46(67)68)10(38(51)52)14(26-32)42(59)60)35(5)29-30-36-7(3-33-19(47(69)70)11(39(53)54)15(27-33)43(61)62)23-24-8(36)4-34-20(48(71)72)12(40(55)56)16(28-34)44(63)64/h1-4H2/b30-29+. The van der Waals surface area contributed by atoms with E-state index in [0.29, 0.717) is 0 Å². The molecule has 0 unspecified atom stereocenters. The van der Waals surface area contributed by atoms with E-state index in [4.69, 9.17) is 0 Å². The second kappa shape index (κ2) is 18.1. The van der Waals surface area contributed by atoms with Crippen LogP contribution < -0.4 is 0 Å². The molecular weight excluding hydrogens is 1020 g/mol. The molecule has 0 aliphatic rings. The summed E-state index contributed by atoms with van der Waals surface area (Å²) in [6, 6.07) is 0. The highest BCUT2D eigenvalue weighted by Gasteiger charge is 2.51. The lowest BCUT2D eigenvalue weighted by atomic mass is 10.4. The van der Waals surface area contributed by atoms with Gasteiger partial charge >= 0.3 is 69.3 Å². The van der Waals surface area contributed by atoms with Crippen LogP contribution in [0.2, 0.25) is 0 Å². The summed E-state index contributed by atoms with van der Waals surface area (Å²) in [6.45, 7) is -5.83. The third-order valence-corrected chi connectivity index (χ3v) is 8.57. The summed E-state index contributed by atoms with van der Waals surface area (Å²) in [4.78, 5) is 123. The highest BCUT2D eigenvalue weighted by atomic mass is 16.7. The molecule has 6 aromatic heterocycles. The molecule has 0 spiro atoms. The minimum atomic E-state index is -1.84. The summed E-state index contributed by atoms with van der Waals surface area (Å²) in [5.41, 5.74) is -7.37. The predicted molar refractivity (Wildman–Crippen MR) is 201 cm³/mol. The largest absolute Gasteiger partial charge is 0.498 e. The predicted octanol–water partition coefficient (Wildman–Crippen LogP) is -0.574. The van der Waals surface area contributed by atoms with Gasteiger partial charge in [0.2, 0.25) is 23.3 Å². The highest BCUT2D eigenvalue weighted by molar-refractivity contribution is 5.62. The van der Waals surface area contributed by atoms with Crippen LogP contribution in [0, 0.1) is 121 Å². The van der Waals surface area contributed by atoms with Crippen LogP contribution in [-0.2, 0) is 26.2 Å². The first-order valence-corrected chi connectivity index (χ1v) is 17.1. The smallest absolute Gasteiger partial charge is 0.358 e. The molecule has 52 nitrogen and oxygen atoms in total. The average molecular weight is 1020 g/mol. The second-order valence-electron chi connectivity index (χ2n) is 12.6. The average Bonchev–Trinajstić information content (AvgIpc) is 4.12. The third-order valence-electron chi connectivity index (χ3n) is 8.57. The van der Waals surface area contributed by atoms with Crippen LogP contribution in [0.15, 0.2) is 10.4 Å². The molecule has 0 atom stereocenters.